The van der Waals surface area contributed by atoms with Crippen molar-refractivity contribution < 1.29 is 4.79 Å². The Labute approximate surface area is 169 Å². The monoisotopic (exact) mass is 380 g/mol. The summed E-state index contributed by atoms with van der Waals surface area (Å²) in [5.74, 6) is 0.656. The third kappa shape index (κ3) is 2.46. The molecule has 5 nitrogen and oxygen atoms in total. The van der Waals surface area contributed by atoms with E-state index >= 15 is 0 Å². The van der Waals surface area contributed by atoms with Crippen LogP contribution < -0.4 is 10.6 Å². The fourth-order valence-corrected chi connectivity index (χ4v) is 4.69. The average Bonchev–Trinajstić information content (AvgIpc) is 2.73. The van der Waals surface area contributed by atoms with Gasteiger partial charge in [0.1, 0.15) is 5.84 Å². The molecule has 0 radical (unpaired) electrons. The first kappa shape index (κ1) is 17.4. The highest BCUT2D eigenvalue weighted by molar-refractivity contribution is 6.08. The van der Waals surface area contributed by atoms with E-state index in [2.05, 4.69) is 11.1 Å². The van der Waals surface area contributed by atoms with Crippen LogP contribution in [-0.4, -0.2) is 11.6 Å². The van der Waals surface area contributed by atoms with Crippen LogP contribution in [0, 0.1) is 18.3 Å². The highest BCUT2D eigenvalue weighted by atomic mass is 16.1. The number of amidine groups is 1. The molecule has 0 saturated heterocycles. The highest BCUT2D eigenvalue weighted by Gasteiger charge is 2.43. The van der Waals surface area contributed by atoms with Gasteiger partial charge in [0.25, 0.3) is 0 Å². The lowest BCUT2D eigenvalue weighted by molar-refractivity contribution is -0.116. The Bertz CT molecular complexity index is 1200. The quantitative estimate of drug-likeness (QED) is 0.809. The molecule has 0 spiro atoms. The summed E-state index contributed by atoms with van der Waals surface area (Å²) in [5.41, 5.74) is 12.2. The van der Waals surface area contributed by atoms with E-state index in [-0.39, 0.29) is 5.78 Å². The molecular weight excluding hydrogens is 360 g/mol. The van der Waals surface area contributed by atoms with Gasteiger partial charge in [-0.2, -0.15) is 5.26 Å². The normalized spacial score (nSPS) is 20.6. The van der Waals surface area contributed by atoms with Crippen LogP contribution in [0.1, 0.15) is 41.9 Å². The number of allylic oxidation sites excluding steroid dienone is 3. The van der Waals surface area contributed by atoms with Crippen molar-refractivity contribution in [3.05, 3.63) is 87.9 Å². The Kier molecular flexibility index (Phi) is 3.88. The molecule has 2 aliphatic heterocycles. The van der Waals surface area contributed by atoms with Crippen LogP contribution in [0.15, 0.2) is 76.2 Å². The van der Waals surface area contributed by atoms with Crippen molar-refractivity contribution in [2.45, 2.75) is 32.1 Å². The maximum Gasteiger partial charge on any atom is 0.161 e. The lowest BCUT2D eigenvalue weighted by atomic mass is 9.74. The fraction of sp³-hybridized carbons (Fsp3) is 0.208. The van der Waals surface area contributed by atoms with Gasteiger partial charge >= 0.3 is 0 Å². The first-order chi connectivity index (χ1) is 14.1. The number of carbonyl (C=O) groups excluding carboxylic acids is 1. The van der Waals surface area contributed by atoms with Gasteiger partial charge in [-0.1, -0.05) is 36.4 Å². The molecule has 5 rings (SSSR count). The maximum atomic E-state index is 13.2. The van der Waals surface area contributed by atoms with E-state index in [1.807, 2.05) is 60.4 Å². The highest BCUT2D eigenvalue weighted by Crippen LogP contribution is 2.49. The number of carbonyl (C=O) groups is 1. The molecule has 0 fully saturated rings. The molecule has 3 aliphatic rings. The number of nitriles is 1. The van der Waals surface area contributed by atoms with Crippen LogP contribution >= 0.6 is 0 Å². The molecule has 0 bridgehead atoms. The van der Waals surface area contributed by atoms with Crippen LogP contribution in [0.4, 0.5) is 5.69 Å². The third-order valence-electron chi connectivity index (χ3n) is 6.00. The first-order valence-electron chi connectivity index (χ1n) is 9.81. The fourth-order valence-electron chi connectivity index (χ4n) is 4.69. The number of benzene rings is 2. The minimum absolute atomic E-state index is 0.117. The average molecular weight is 380 g/mol. The van der Waals surface area contributed by atoms with E-state index in [9.17, 15) is 10.1 Å². The zero-order valence-electron chi connectivity index (χ0n) is 16.1. The van der Waals surface area contributed by atoms with Crippen LogP contribution in [0.25, 0.3) is 0 Å². The zero-order valence-corrected chi connectivity index (χ0v) is 16.1. The summed E-state index contributed by atoms with van der Waals surface area (Å²) >= 11 is 0. The van der Waals surface area contributed by atoms with Gasteiger partial charge in [0.2, 0.25) is 0 Å². The van der Waals surface area contributed by atoms with E-state index in [0.717, 1.165) is 46.5 Å². The number of anilines is 1. The van der Waals surface area contributed by atoms with Gasteiger partial charge in [0.15, 0.2) is 11.6 Å². The molecular formula is C24H20N4O. The van der Waals surface area contributed by atoms with Crippen molar-refractivity contribution in [3.63, 3.8) is 0 Å². The number of hydrogen-bond acceptors (Lipinski definition) is 5. The predicted molar refractivity (Wildman–Crippen MR) is 112 cm³/mol. The summed E-state index contributed by atoms with van der Waals surface area (Å²) in [5, 5.41) is 10.2. The van der Waals surface area contributed by atoms with Gasteiger partial charge < -0.3 is 5.73 Å². The second-order valence-electron chi connectivity index (χ2n) is 7.63. The van der Waals surface area contributed by atoms with Gasteiger partial charge in [0.05, 0.1) is 23.2 Å². The number of aliphatic imine (C=N–C) groups is 1. The summed E-state index contributed by atoms with van der Waals surface area (Å²) < 4.78 is 0. The first-order valence-corrected chi connectivity index (χ1v) is 9.81. The van der Waals surface area contributed by atoms with E-state index < -0.39 is 5.92 Å². The van der Waals surface area contributed by atoms with E-state index in [0.29, 0.717) is 23.7 Å². The number of para-hydroxylation sites is 1. The lowest BCUT2D eigenvalue weighted by Crippen LogP contribution is -2.39. The number of Topliss-reactive ketones (excluding diaryl/α,β-unsaturated/α-hetero) is 1. The largest absolute Gasteiger partial charge is 0.383 e. The Hall–Kier alpha value is -3.65. The molecule has 2 aromatic rings. The van der Waals surface area contributed by atoms with Crippen molar-refractivity contribution in [3.8, 4) is 6.07 Å². The van der Waals surface area contributed by atoms with Crippen molar-refractivity contribution >= 4 is 17.3 Å². The Morgan fingerprint density at radius 1 is 1.14 bits per heavy atom. The number of nitrogens with two attached hydrogens (primary N) is 1. The second-order valence-corrected chi connectivity index (χ2v) is 7.63. The summed E-state index contributed by atoms with van der Waals surface area (Å²) in [6, 6.07) is 18.1. The molecule has 2 N–H and O–H groups in total. The number of fused-ring (bicyclic) bond motifs is 4. The molecule has 0 unspecified atom stereocenters. The molecule has 5 heteroatoms. The van der Waals surface area contributed by atoms with E-state index in [4.69, 9.17) is 5.73 Å². The van der Waals surface area contributed by atoms with Crippen molar-refractivity contribution in [2.24, 2.45) is 10.7 Å². The molecule has 2 aromatic carbocycles. The molecule has 0 saturated carbocycles. The summed E-state index contributed by atoms with van der Waals surface area (Å²) in [6.45, 7) is 2.02. The SMILES string of the molecule is Cc1ccccc1[C@H]1C(C#N)=C2N=C(N)c3ccccc3N2C2=C1C(=O)CCC2. The summed E-state index contributed by atoms with van der Waals surface area (Å²) in [6.07, 6.45) is 2.08. The Morgan fingerprint density at radius 3 is 2.69 bits per heavy atom. The molecule has 29 heavy (non-hydrogen) atoms. The van der Waals surface area contributed by atoms with Gasteiger partial charge in [-0.05, 0) is 43.0 Å². The minimum atomic E-state index is -0.405. The second kappa shape index (κ2) is 6.46. The number of aryl methyl sites for hydroxylation is 1. The number of rotatable bonds is 1. The molecule has 0 aromatic heterocycles. The zero-order chi connectivity index (χ0) is 20.1. The Balaban J connectivity index is 1.86. The number of nitrogens with zero attached hydrogens (tertiary/aromatic N) is 3. The van der Waals surface area contributed by atoms with Gasteiger partial charge in [0, 0.05) is 23.3 Å². The Morgan fingerprint density at radius 2 is 1.90 bits per heavy atom. The van der Waals surface area contributed by atoms with Crippen molar-refractivity contribution in [1.29, 1.82) is 5.26 Å². The molecule has 2 heterocycles. The van der Waals surface area contributed by atoms with Crippen LogP contribution in [0.5, 0.6) is 0 Å². The standard InChI is InChI=1S/C24H20N4O/c1-14-7-2-3-8-15(14)21-17(13-25)24-27-23(26)16-9-4-5-10-18(16)28(24)19-11-6-12-20(29)22(19)21/h2-5,7-10,21H,6,11-12H2,1H3,(H2,26,27)/t21-/m0/s1. The van der Waals surface area contributed by atoms with E-state index in [1.54, 1.807) is 0 Å². The topological polar surface area (TPSA) is 82.5 Å². The maximum absolute atomic E-state index is 13.2. The van der Waals surface area contributed by atoms with E-state index in [1.165, 1.54) is 0 Å². The van der Waals surface area contributed by atoms with Gasteiger partial charge in [-0.3, -0.25) is 9.69 Å². The number of hydrogen-bond donors (Lipinski definition) is 1. The van der Waals surface area contributed by atoms with Crippen LogP contribution in [0.3, 0.4) is 0 Å². The summed E-state index contributed by atoms with van der Waals surface area (Å²) in [4.78, 5) is 19.8. The third-order valence-corrected chi connectivity index (χ3v) is 6.00. The van der Waals surface area contributed by atoms with Crippen LogP contribution in [-0.2, 0) is 4.79 Å². The minimum Gasteiger partial charge on any atom is -0.383 e. The van der Waals surface area contributed by atoms with Gasteiger partial charge in [-0.15, -0.1) is 0 Å². The molecule has 1 aliphatic carbocycles. The molecule has 1 atom stereocenters. The summed E-state index contributed by atoms with van der Waals surface area (Å²) in [7, 11) is 0. The number of ketones is 1. The predicted octanol–water partition coefficient (Wildman–Crippen LogP) is 4.06. The van der Waals surface area contributed by atoms with Gasteiger partial charge in [-0.25, -0.2) is 4.99 Å². The lowest BCUT2D eigenvalue weighted by Gasteiger charge is -2.42. The van der Waals surface area contributed by atoms with Crippen molar-refractivity contribution in [1.82, 2.24) is 0 Å². The smallest absolute Gasteiger partial charge is 0.161 e. The molecule has 142 valence electrons. The van der Waals surface area contributed by atoms with Crippen molar-refractivity contribution in [2.75, 3.05) is 4.90 Å². The molecule has 0 amide bonds. The van der Waals surface area contributed by atoms with Crippen LogP contribution in [0.2, 0.25) is 0 Å².